The number of benzene rings is 2. The van der Waals surface area contributed by atoms with Gasteiger partial charge in [-0.05, 0) is 60.6 Å². The SMILES string of the molecule is O=Cc1ccc2c(c1)C1CCCC1N2/C=C(\C1=CCCC=C1)c1ccccc1. The average molecular weight is 367 g/mol. The minimum Gasteiger partial charge on any atom is -0.343 e. The smallest absolute Gasteiger partial charge is 0.150 e. The topological polar surface area (TPSA) is 20.3 Å². The zero-order valence-electron chi connectivity index (χ0n) is 16.1. The van der Waals surface area contributed by atoms with Crippen molar-refractivity contribution in [2.75, 3.05) is 4.90 Å². The molecule has 1 fully saturated rings. The number of carbonyl (C=O) groups excluding carboxylic acids is 1. The lowest BCUT2D eigenvalue weighted by Crippen LogP contribution is -2.26. The summed E-state index contributed by atoms with van der Waals surface area (Å²) in [4.78, 5) is 13.8. The molecule has 0 spiro atoms. The fraction of sp³-hybridized carbons (Fsp3) is 0.269. The second-order valence-electron chi connectivity index (χ2n) is 8.00. The zero-order valence-corrected chi connectivity index (χ0v) is 16.1. The third kappa shape index (κ3) is 2.93. The molecule has 2 aromatic rings. The number of aldehydes is 1. The number of fused-ring (bicyclic) bond motifs is 3. The summed E-state index contributed by atoms with van der Waals surface area (Å²) in [6.07, 6.45) is 16.1. The van der Waals surface area contributed by atoms with Crippen LogP contribution in [0.15, 0.2) is 78.5 Å². The van der Waals surface area contributed by atoms with Gasteiger partial charge in [0.2, 0.25) is 0 Å². The van der Waals surface area contributed by atoms with Gasteiger partial charge >= 0.3 is 0 Å². The van der Waals surface area contributed by atoms with Gasteiger partial charge in [0.1, 0.15) is 6.29 Å². The standard InChI is InChI=1S/C26H25NO/c28-18-19-14-15-26-23(16-19)22-12-7-13-25(22)27(26)17-24(20-8-3-1-4-9-20)21-10-5-2-6-11-21/h1,3-5,8-11,14-18,22,25H,2,6-7,12-13H2/b24-17-. The first-order valence-electron chi connectivity index (χ1n) is 10.4. The number of allylic oxidation sites excluding steroid dienone is 5. The molecule has 28 heavy (non-hydrogen) atoms. The number of anilines is 1. The molecule has 2 heteroatoms. The van der Waals surface area contributed by atoms with Crippen LogP contribution in [0, 0.1) is 0 Å². The molecule has 2 aromatic carbocycles. The molecule has 0 radical (unpaired) electrons. The maximum atomic E-state index is 11.3. The van der Waals surface area contributed by atoms with Crippen molar-refractivity contribution in [2.45, 2.75) is 44.1 Å². The van der Waals surface area contributed by atoms with Gasteiger partial charge in [-0.2, -0.15) is 0 Å². The Hall–Kier alpha value is -2.87. The molecule has 2 aliphatic carbocycles. The summed E-state index contributed by atoms with van der Waals surface area (Å²) in [6.45, 7) is 0. The van der Waals surface area contributed by atoms with E-state index in [2.05, 4.69) is 71.8 Å². The Morgan fingerprint density at radius 2 is 1.93 bits per heavy atom. The highest BCUT2D eigenvalue weighted by Gasteiger charge is 2.41. The number of hydrogen-bond donors (Lipinski definition) is 0. The second-order valence-corrected chi connectivity index (χ2v) is 8.00. The Morgan fingerprint density at radius 1 is 1.04 bits per heavy atom. The quantitative estimate of drug-likeness (QED) is 0.593. The Bertz CT molecular complexity index is 983. The van der Waals surface area contributed by atoms with Crippen LogP contribution in [-0.4, -0.2) is 12.3 Å². The molecule has 1 saturated carbocycles. The lowest BCUT2D eigenvalue weighted by molar-refractivity contribution is 0.112. The van der Waals surface area contributed by atoms with Crippen LogP contribution in [0.25, 0.3) is 5.57 Å². The highest BCUT2D eigenvalue weighted by molar-refractivity contribution is 5.85. The van der Waals surface area contributed by atoms with Crippen LogP contribution < -0.4 is 4.90 Å². The lowest BCUT2D eigenvalue weighted by Gasteiger charge is -2.25. The molecular weight excluding hydrogens is 342 g/mol. The molecule has 140 valence electrons. The summed E-state index contributed by atoms with van der Waals surface area (Å²) in [7, 11) is 0. The Balaban J connectivity index is 1.64. The van der Waals surface area contributed by atoms with Crippen molar-refractivity contribution in [2.24, 2.45) is 0 Å². The molecule has 2 atom stereocenters. The first-order chi connectivity index (χ1) is 13.8. The summed E-state index contributed by atoms with van der Waals surface area (Å²) in [5, 5.41) is 0. The Labute approximate surface area is 166 Å². The van der Waals surface area contributed by atoms with Crippen molar-refractivity contribution in [3.8, 4) is 0 Å². The van der Waals surface area contributed by atoms with Crippen LogP contribution in [0.5, 0.6) is 0 Å². The van der Waals surface area contributed by atoms with Gasteiger partial charge in [0.25, 0.3) is 0 Å². The summed E-state index contributed by atoms with van der Waals surface area (Å²) in [5.74, 6) is 0.541. The molecule has 2 unspecified atom stereocenters. The van der Waals surface area contributed by atoms with Crippen molar-refractivity contribution < 1.29 is 4.79 Å². The number of rotatable bonds is 4. The first kappa shape index (κ1) is 17.2. The number of hydrogen-bond acceptors (Lipinski definition) is 2. The summed E-state index contributed by atoms with van der Waals surface area (Å²) in [6, 6.07) is 17.4. The van der Waals surface area contributed by atoms with Gasteiger partial charge in [-0.1, -0.05) is 55.0 Å². The van der Waals surface area contributed by atoms with Crippen LogP contribution in [-0.2, 0) is 0 Å². The number of nitrogens with zero attached hydrogens (tertiary/aromatic N) is 1. The van der Waals surface area contributed by atoms with E-state index >= 15 is 0 Å². The van der Waals surface area contributed by atoms with E-state index in [0.29, 0.717) is 12.0 Å². The van der Waals surface area contributed by atoms with Gasteiger partial charge in [0.15, 0.2) is 0 Å². The molecule has 0 amide bonds. The van der Waals surface area contributed by atoms with Crippen molar-refractivity contribution in [3.05, 3.63) is 95.2 Å². The highest BCUT2D eigenvalue weighted by Crippen LogP contribution is 2.50. The maximum absolute atomic E-state index is 11.3. The number of carbonyl (C=O) groups is 1. The van der Waals surface area contributed by atoms with E-state index in [1.165, 1.54) is 47.2 Å². The lowest BCUT2D eigenvalue weighted by atomic mass is 9.94. The van der Waals surface area contributed by atoms with E-state index in [1.807, 2.05) is 6.07 Å². The van der Waals surface area contributed by atoms with E-state index in [1.54, 1.807) is 0 Å². The summed E-state index contributed by atoms with van der Waals surface area (Å²) < 4.78 is 0. The minimum atomic E-state index is 0.504. The molecule has 0 saturated heterocycles. The molecule has 0 N–H and O–H groups in total. The van der Waals surface area contributed by atoms with Gasteiger partial charge in [-0.25, -0.2) is 0 Å². The van der Waals surface area contributed by atoms with Crippen molar-refractivity contribution >= 4 is 17.5 Å². The normalized spacial score (nSPS) is 23.4. The fourth-order valence-corrected chi connectivity index (χ4v) is 5.04. The second kappa shape index (κ2) is 7.27. The van der Waals surface area contributed by atoms with Crippen LogP contribution in [0.3, 0.4) is 0 Å². The minimum absolute atomic E-state index is 0.504. The molecule has 3 aliphatic rings. The van der Waals surface area contributed by atoms with E-state index in [9.17, 15) is 4.79 Å². The predicted molar refractivity (Wildman–Crippen MR) is 116 cm³/mol. The average Bonchev–Trinajstić information content (AvgIpc) is 3.35. The van der Waals surface area contributed by atoms with E-state index in [0.717, 1.165) is 24.7 Å². The van der Waals surface area contributed by atoms with Gasteiger partial charge in [0, 0.05) is 35.0 Å². The van der Waals surface area contributed by atoms with Crippen molar-refractivity contribution in [1.82, 2.24) is 0 Å². The molecule has 1 aliphatic heterocycles. The van der Waals surface area contributed by atoms with Crippen LogP contribution >= 0.6 is 0 Å². The largest absolute Gasteiger partial charge is 0.343 e. The molecule has 1 heterocycles. The Morgan fingerprint density at radius 3 is 2.71 bits per heavy atom. The molecule has 2 nitrogen and oxygen atoms in total. The molecular formula is C26H25NO. The first-order valence-corrected chi connectivity index (χ1v) is 10.4. The van der Waals surface area contributed by atoms with Gasteiger partial charge < -0.3 is 4.90 Å². The van der Waals surface area contributed by atoms with Gasteiger partial charge in [-0.15, -0.1) is 0 Å². The fourth-order valence-electron chi connectivity index (χ4n) is 5.04. The van der Waals surface area contributed by atoms with E-state index in [4.69, 9.17) is 0 Å². The van der Waals surface area contributed by atoms with Crippen LogP contribution in [0.2, 0.25) is 0 Å². The van der Waals surface area contributed by atoms with E-state index < -0.39 is 0 Å². The molecule has 5 rings (SSSR count). The highest BCUT2D eigenvalue weighted by atomic mass is 16.1. The van der Waals surface area contributed by atoms with E-state index in [-0.39, 0.29) is 0 Å². The predicted octanol–water partition coefficient (Wildman–Crippen LogP) is 6.27. The third-order valence-electron chi connectivity index (χ3n) is 6.36. The molecule has 0 aromatic heterocycles. The van der Waals surface area contributed by atoms with Crippen molar-refractivity contribution in [3.63, 3.8) is 0 Å². The summed E-state index contributed by atoms with van der Waals surface area (Å²) >= 11 is 0. The molecule has 0 bridgehead atoms. The van der Waals surface area contributed by atoms with Crippen LogP contribution in [0.4, 0.5) is 5.69 Å². The Kier molecular flexibility index (Phi) is 4.48. The van der Waals surface area contributed by atoms with Crippen LogP contribution in [0.1, 0.15) is 59.5 Å². The van der Waals surface area contributed by atoms with Gasteiger partial charge in [0.05, 0.1) is 0 Å². The summed E-state index contributed by atoms with van der Waals surface area (Å²) in [5.41, 5.74) is 7.27. The van der Waals surface area contributed by atoms with Crippen molar-refractivity contribution in [1.29, 1.82) is 0 Å². The van der Waals surface area contributed by atoms with Gasteiger partial charge in [-0.3, -0.25) is 4.79 Å². The zero-order chi connectivity index (χ0) is 18.9. The monoisotopic (exact) mass is 367 g/mol. The maximum Gasteiger partial charge on any atom is 0.150 e. The third-order valence-corrected chi connectivity index (χ3v) is 6.36.